The molecule has 0 saturated carbocycles. The van der Waals surface area contributed by atoms with E-state index in [1.54, 1.807) is 0 Å². The first-order valence-corrected chi connectivity index (χ1v) is 6.01. The maximum Gasteiger partial charge on any atom is 0.111 e. The van der Waals surface area contributed by atoms with E-state index < -0.39 is 8.96 Å². The lowest BCUT2D eigenvalue weighted by molar-refractivity contribution is 0.900. The molecule has 0 aromatic rings. The number of hydrogen-bond donors (Lipinski definition) is 1. The van der Waals surface area contributed by atoms with Crippen LogP contribution in [0.4, 0.5) is 0 Å². The largest absolute Gasteiger partial charge is 0.340 e. The molecule has 1 nitrogen and oxygen atoms in total. The molecule has 9 heavy (non-hydrogen) atoms. The molecule has 1 unspecified atom stereocenters. The summed E-state index contributed by atoms with van der Waals surface area (Å²) in [5, 5.41) is 0. The monoisotopic (exact) mass is 145 g/mol. The fraction of sp³-hybridized carbons (Fsp3) is 1.00. The summed E-state index contributed by atoms with van der Waals surface area (Å²) in [6, 6.07) is 1.38. The van der Waals surface area contributed by atoms with Gasteiger partial charge in [0, 0.05) is 0 Å². The Balaban J connectivity index is 3.41. The first kappa shape index (κ1) is 9.18. The van der Waals surface area contributed by atoms with Crippen LogP contribution in [0.1, 0.15) is 27.7 Å². The number of rotatable bonds is 4. The SMILES string of the molecule is CCN[SiH](CC)C(C)C. The highest BCUT2D eigenvalue weighted by atomic mass is 28.3. The molecule has 0 aliphatic carbocycles. The molecule has 0 aliphatic heterocycles. The molecule has 0 bridgehead atoms. The summed E-state index contributed by atoms with van der Waals surface area (Å²) < 4.78 is 0. The summed E-state index contributed by atoms with van der Waals surface area (Å²) in [6.45, 7) is 10.3. The second kappa shape index (κ2) is 5.00. The lowest BCUT2D eigenvalue weighted by Crippen LogP contribution is -2.35. The van der Waals surface area contributed by atoms with Gasteiger partial charge in [0.1, 0.15) is 8.96 Å². The lowest BCUT2D eigenvalue weighted by atomic mass is 10.6. The standard InChI is InChI=1S/C7H19NSi/c1-5-8-9(6-2)7(3)4/h7-9H,5-6H2,1-4H3. The van der Waals surface area contributed by atoms with Crippen LogP contribution in [-0.4, -0.2) is 15.5 Å². The predicted molar refractivity (Wildman–Crippen MR) is 46.4 cm³/mol. The zero-order chi connectivity index (χ0) is 7.28. The van der Waals surface area contributed by atoms with E-state index in [2.05, 4.69) is 32.7 Å². The van der Waals surface area contributed by atoms with E-state index in [4.69, 9.17) is 0 Å². The van der Waals surface area contributed by atoms with Crippen LogP contribution in [0, 0.1) is 0 Å². The highest BCUT2D eigenvalue weighted by molar-refractivity contribution is 6.57. The molecule has 56 valence electrons. The van der Waals surface area contributed by atoms with Crippen LogP contribution < -0.4 is 4.98 Å². The third-order valence-corrected chi connectivity index (χ3v) is 5.13. The molecular weight excluding hydrogens is 126 g/mol. The van der Waals surface area contributed by atoms with Gasteiger partial charge in [-0.1, -0.05) is 27.7 Å². The summed E-state index contributed by atoms with van der Waals surface area (Å²) in [7, 11) is -0.536. The molecule has 0 saturated heterocycles. The third kappa shape index (κ3) is 3.70. The molecule has 0 aromatic carbocycles. The normalized spacial score (nSPS) is 14.3. The first-order valence-electron chi connectivity index (χ1n) is 3.95. The van der Waals surface area contributed by atoms with Gasteiger partial charge in [0.25, 0.3) is 0 Å². The van der Waals surface area contributed by atoms with E-state index in [9.17, 15) is 0 Å². The highest BCUT2D eigenvalue weighted by Crippen LogP contribution is 2.07. The zero-order valence-electron chi connectivity index (χ0n) is 7.07. The molecule has 0 aliphatic rings. The van der Waals surface area contributed by atoms with Gasteiger partial charge in [-0.3, -0.25) is 0 Å². The zero-order valence-corrected chi connectivity index (χ0v) is 8.22. The van der Waals surface area contributed by atoms with Gasteiger partial charge in [-0.25, -0.2) is 0 Å². The van der Waals surface area contributed by atoms with Crippen LogP contribution in [0.3, 0.4) is 0 Å². The molecule has 0 heterocycles. The molecule has 0 spiro atoms. The van der Waals surface area contributed by atoms with Crippen molar-refractivity contribution in [2.45, 2.75) is 39.3 Å². The molecule has 0 radical (unpaired) electrons. The van der Waals surface area contributed by atoms with E-state index in [-0.39, 0.29) is 0 Å². The Hall–Kier alpha value is 0.177. The molecular formula is C7H19NSi. The fourth-order valence-corrected chi connectivity index (χ4v) is 3.34. The Morgan fingerprint density at radius 2 is 1.89 bits per heavy atom. The van der Waals surface area contributed by atoms with E-state index in [0.29, 0.717) is 0 Å². The highest BCUT2D eigenvalue weighted by Gasteiger charge is 2.09. The van der Waals surface area contributed by atoms with Gasteiger partial charge in [0.2, 0.25) is 0 Å². The van der Waals surface area contributed by atoms with Crippen LogP contribution in [-0.2, 0) is 0 Å². The number of hydrogen-bond acceptors (Lipinski definition) is 1. The second-order valence-corrected chi connectivity index (χ2v) is 6.59. The van der Waals surface area contributed by atoms with Crippen molar-refractivity contribution in [3.05, 3.63) is 0 Å². The average Bonchev–Trinajstić information content (AvgIpc) is 1.82. The van der Waals surface area contributed by atoms with Crippen LogP contribution in [0.25, 0.3) is 0 Å². The van der Waals surface area contributed by atoms with Crippen LogP contribution in [0.5, 0.6) is 0 Å². The maximum absolute atomic E-state index is 3.57. The summed E-state index contributed by atoms with van der Waals surface area (Å²) >= 11 is 0. The van der Waals surface area contributed by atoms with E-state index in [1.165, 1.54) is 6.04 Å². The van der Waals surface area contributed by atoms with Crippen molar-refractivity contribution in [2.24, 2.45) is 0 Å². The Morgan fingerprint density at radius 1 is 1.33 bits per heavy atom. The molecule has 1 atom stereocenters. The molecule has 0 fully saturated rings. The molecule has 1 N–H and O–H groups in total. The van der Waals surface area contributed by atoms with E-state index in [1.807, 2.05) is 0 Å². The van der Waals surface area contributed by atoms with Gasteiger partial charge in [-0.15, -0.1) is 0 Å². The van der Waals surface area contributed by atoms with Crippen molar-refractivity contribution in [2.75, 3.05) is 6.54 Å². The van der Waals surface area contributed by atoms with Gasteiger partial charge < -0.3 is 4.98 Å². The average molecular weight is 145 g/mol. The van der Waals surface area contributed by atoms with E-state index in [0.717, 1.165) is 12.1 Å². The van der Waals surface area contributed by atoms with Gasteiger partial charge in [0.15, 0.2) is 0 Å². The minimum Gasteiger partial charge on any atom is -0.340 e. The predicted octanol–water partition coefficient (Wildman–Crippen LogP) is 1.75. The Morgan fingerprint density at radius 3 is 2.00 bits per heavy atom. The van der Waals surface area contributed by atoms with Gasteiger partial charge in [0.05, 0.1) is 0 Å². The molecule has 0 amide bonds. The summed E-state index contributed by atoms with van der Waals surface area (Å²) in [4.78, 5) is 3.57. The van der Waals surface area contributed by atoms with Crippen molar-refractivity contribution in [3.63, 3.8) is 0 Å². The van der Waals surface area contributed by atoms with Crippen molar-refractivity contribution < 1.29 is 0 Å². The van der Waals surface area contributed by atoms with Crippen molar-refractivity contribution in [1.82, 2.24) is 4.98 Å². The lowest BCUT2D eigenvalue weighted by Gasteiger charge is -2.16. The first-order chi connectivity index (χ1) is 4.22. The molecule has 0 aromatic heterocycles. The van der Waals surface area contributed by atoms with E-state index >= 15 is 0 Å². The Labute approximate surface area is 60.5 Å². The third-order valence-electron chi connectivity index (χ3n) is 1.71. The fourth-order valence-electron chi connectivity index (χ4n) is 1.11. The van der Waals surface area contributed by atoms with Crippen LogP contribution in [0.15, 0.2) is 0 Å². The summed E-state index contributed by atoms with van der Waals surface area (Å²) in [5.41, 5.74) is 0.912. The van der Waals surface area contributed by atoms with Gasteiger partial charge in [-0.05, 0) is 18.1 Å². The minimum atomic E-state index is -0.536. The van der Waals surface area contributed by atoms with Crippen LogP contribution in [0.2, 0.25) is 11.6 Å². The topological polar surface area (TPSA) is 12.0 Å². The van der Waals surface area contributed by atoms with Crippen molar-refractivity contribution >= 4 is 8.96 Å². The summed E-state index contributed by atoms with van der Waals surface area (Å²) in [5.74, 6) is 0. The maximum atomic E-state index is 3.57. The van der Waals surface area contributed by atoms with Crippen molar-refractivity contribution in [3.8, 4) is 0 Å². The van der Waals surface area contributed by atoms with Crippen LogP contribution >= 0.6 is 0 Å². The second-order valence-electron chi connectivity index (χ2n) is 2.82. The molecule has 2 heteroatoms. The van der Waals surface area contributed by atoms with Gasteiger partial charge in [-0.2, -0.15) is 0 Å². The van der Waals surface area contributed by atoms with Gasteiger partial charge >= 0.3 is 0 Å². The Kier molecular flexibility index (Phi) is 5.10. The number of nitrogens with one attached hydrogen (secondary N) is 1. The summed E-state index contributed by atoms with van der Waals surface area (Å²) in [6.07, 6.45) is 0. The quantitative estimate of drug-likeness (QED) is 0.594. The smallest absolute Gasteiger partial charge is 0.111 e. The minimum absolute atomic E-state index is 0.536. The molecule has 0 rings (SSSR count). The Bertz CT molecular complexity index is 63.9. The van der Waals surface area contributed by atoms with Crippen molar-refractivity contribution in [1.29, 1.82) is 0 Å².